The number of hydrogen-bond donors (Lipinski definition) is 1. The lowest BCUT2D eigenvalue weighted by atomic mass is 9.89. The van der Waals surface area contributed by atoms with Crippen LogP contribution in [0, 0.1) is 17.3 Å². The zero-order chi connectivity index (χ0) is 17.5. The molecule has 1 saturated carbocycles. The molecule has 2 unspecified atom stereocenters. The van der Waals surface area contributed by atoms with Crippen molar-refractivity contribution < 1.29 is 9.90 Å². The molecule has 2 fully saturated rings. The highest BCUT2D eigenvalue weighted by Gasteiger charge is 2.61. The number of rotatable bonds is 3. The first kappa shape index (κ1) is 17.1. The van der Waals surface area contributed by atoms with Crippen LogP contribution in [0.15, 0.2) is 35.9 Å². The molecule has 1 amide bonds. The smallest absolute Gasteiger partial charge is 0.226 e. The molecule has 3 heteroatoms. The summed E-state index contributed by atoms with van der Waals surface area (Å²) < 4.78 is 0. The molecule has 0 aromatic heterocycles. The van der Waals surface area contributed by atoms with Crippen molar-refractivity contribution in [2.75, 3.05) is 13.1 Å². The lowest BCUT2D eigenvalue weighted by Gasteiger charge is -2.32. The van der Waals surface area contributed by atoms with Crippen molar-refractivity contribution in [1.29, 1.82) is 0 Å². The Morgan fingerprint density at radius 1 is 1.17 bits per heavy atom. The maximum atomic E-state index is 12.9. The van der Waals surface area contributed by atoms with E-state index in [1.807, 2.05) is 12.1 Å². The summed E-state index contributed by atoms with van der Waals surface area (Å²) in [6, 6.07) is 7.52. The summed E-state index contributed by atoms with van der Waals surface area (Å²) in [7, 11) is 0. The third-order valence-electron chi connectivity index (χ3n) is 5.86. The van der Waals surface area contributed by atoms with Gasteiger partial charge in [0.25, 0.3) is 0 Å². The van der Waals surface area contributed by atoms with E-state index in [-0.39, 0.29) is 11.3 Å². The molecule has 1 aliphatic heterocycles. The summed E-state index contributed by atoms with van der Waals surface area (Å²) in [4.78, 5) is 15.0. The van der Waals surface area contributed by atoms with E-state index >= 15 is 0 Å². The standard InChI is InChI=1S/C21H29NO2/c1-14(2)13-18-19(21(18,3)4)20(24)22-11-9-16(10-12-22)15-5-7-17(23)8-6-15/h5-8,13,16,18-19,23H,9-12H2,1-4H3. The highest BCUT2D eigenvalue weighted by molar-refractivity contribution is 5.84. The lowest BCUT2D eigenvalue weighted by molar-refractivity contribution is -0.134. The van der Waals surface area contributed by atoms with Gasteiger partial charge in [0, 0.05) is 13.1 Å². The number of piperidine rings is 1. The molecule has 0 spiro atoms. The molecule has 1 heterocycles. The van der Waals surface area contributed by atoms with Gasteiger partial charge in [-0.2, -0.15) is 0 Å². The summed E-state index contributed by atoms with van der Waals surface area (Å²) in [6.45, 7) is 10.3. The molecule has 1 aliphatic carbocycles. The predicted octanol–water partition coefficient (Wildman–Crippen LogP) is 4.34. The van der Waals surface area contributed by atoms with Crippen LogP contribution in [0.5, 0.6) is 5.75 Å². The molecule has 0 radical (unpaired) electrons. The van der Waals surface area contributed by atoms with Gasteiger partial charge in [0.1, 0.15) is 5.75 Å². The zero-order valence-electron chi connectivity index (χ0n) is 15.2. The minimum absolute atomic E-state index is 0.0994. The molecule has 3 nitrogen and oxygen atoms in total. The molecule has 1 saturated heterocycles. The number of aromatic hydroxyl groups is 1. The van der Waals surface area contributed by atoms with Crippen molar-refractivity contribution >= 4 is 5.91 Å². The number of likely N-dealkylation sites (tertiary alicyclic amines) is 1. The zero-order valence-corrected chi connectivity index (χ0v) is 15.2. The molecule has 2 atom stereocenters. The molecular formula is C21H29NO2. The summed E-state index contributed by atoms with van der Waals surface area (Å²) in [5.41, 5.74) is 2.67. The topological polar surface area (TPSA) is 40.5 Å². The Balaban J connectivity index is 1.60. The van der Waals surface area contributed by atoms with Gasteiger partial charge in [0.2, 0.25) is 5.91 Å². The van der Waals surface area contributed by atoms with Gasteiger partial charge in [0.15, 0.2) is 0 Å². The van der Waals surface area contributed by atoms with E-state index in [2.05, 4.69) is 38.7 Å². The second kappa shape index (κ2) is 6.27. The van der Waals surface area contributed by atoms with Crippen molar-refractivity contribution in [2.45, 2.75) is 46.5 Å². The van der Waals surface area contributed by atoms with Crippen LogP contribution in [0.2, 0.25) is 0 Å². The first-order chi connectivity index (χ1) is 11.3. The molecule has 0 bridgehead atoms. The molecule has 1 N–H and O–H groups in total. The van der Waals surface area contributed by atoms with Crippen molar-refractivity contribution in [1.82, 2.24) is 4.90 Å². The Morgan fingerprint density at radius 2 is 1.75 bits per heavy atom. The van der Waals surface area contributed by atoms with Crippen LogP contribution in [-0.4, -0.2) is 29.0 Å². The maximum Gasteiger partial charge on any atom is 0.226 e. The van der Waals surface area contributed by atoms with E-state index in [1.54, 1.807) is 12.1 Å². The van der Waals surface area contributed by atoms with E-state index in [1.165, 1.54) is 11.1 Å². The Labute approximate surface area is 145 Å². The molecule has 3 rings (SSSR count). The summed E-state index contributed by atoms with van der Waals surface area (Å²) in [5.74, 6) is 1.69. The predicted molar refractivity (Wildman–Crippen MR) is 96.9 cm³/mol. The number of phenolic OH excluding ortho intramolecular Hbond substituents is 1. The fourth-order valence-corrected chi connectivity index (χ4v) is 4.20. The quantitative estimate of drug-likeness (QED) is 0.839. The molecule has 130 valence electrons. The maximum absolute atomic E-state index is 12.9. The van der Waals surface area contributed by atoms with Crippen LogP contribution < -0.4 is 0 Å². The summed E-state index contributed by atoms with van der Waals surface area (Å²) in [6.07, 6.45) is 4.29. The fraction of sp³-hybridized carbons (Fsp3) is 0.571. The van der Waals surface area contributed by atoms with Crippen LogP contribution in [0.25, 0.3) is 0 Å². The number of allylic oxidation sites excluding steroid dienone is 2. The number of phenols is 1. The van der Waals surface area contributed by atoms with E-state index in [0.717, 1.165) is 25.9 Å². The van der Waals surface area contributed by atoms with Gasteiger partial charge in [0.05, 0.1) is 5.92 Å². The minimum atomic E-state index is 0.0994. The van der Waals surface area contributed by atoms with Gasteiger partial charge in [-0.25, -0.2) is 0 Å². The third-order valence-corrected chi connectivity index (χ3v) is 5.86. The summed E-state index contributed by atoms with van der Waals surface area (Å²) >= 11 is 0. The van der Waals surface area contributed by atoms with Crippen LogP contribution in [-0.2, 0) is 4.79 Å². The largest absolute Gasteiger partial charge is 0.508 e. The Hall–Kier alpha value is -1.77. The van der Waals surface area contributed by atoms with Gasteiger partial charge in [-0.05, 0) is 61.6 Å². The lowest BCUT2D eigenvalue weighted by Crippen LogP contribution is -2.39. The number of carbonyl (C=O) groups excluding carboxylic acids is 1. The highest BCUT2D eigenvalue weighted by Crippen LogP contribution is 2.60. The molecule has 1 aromatic rings. The van der Waals surface area contributed by atoms with Crippen LogP contribution in [0.3, 0.4) is 0 Å². The van der Waals surface area contributed by atoms with Crippen molar-refractivity contribution in [3.63, 3.8) is 0 Å². The van der Waals surface area contributed by atoms with Gasteiger partial charge in [-0.1, -0.05) is 37.6 Å². The highest BCUT2D eigenvalue weighted by atomic mass is 16.3. The third kappa shape index (κ3) is 3.22. The van der Waals surface area contributed by atoms with E-state index < -0.39 is 0 Å². The number of carbonyl (C=O) groups is 1. The number of amides is 1. The second-order valence-corrected chi connectivity index (χ2v) is 8.26. The van der Waals surface area contributed by atoms with E-state index in [4.69, 9.17) is 0 Å². The van der Waals surface area contributed by atoms with Crippen molar-refractivity contribution in [2.24, 2.45) is 17.3 Å². The number of benzene rings is 1. The Kier molecular flexibility index (Phi) is 4.46. The molecule has 2 aliphatic rings. The van der Waals surface area contributed by atoms with Gasteiger partial charge in [-0.3, -0.25) is 4.79 Å². The van der Waals surface area contributed by atoms with Crippen molar-refractivity contribution in [3.05, 3.63) is 41.5 Å². The van der Waals surface area contributed by atoms with Crippen LogP contribution in [0.4, 0.5) is 0 Å². The Morgan fingerprint density at radius 3 is 2.29 bits per heavy atom. The number of hydrogen-bond acceptors (Lipinski definition) is 2. The van der Waals surface area contributed by atoms with E-state index in [9.17, 15) is 9.90 Å². The normalized spacial score (nSPS) is 26.1. The number of nitrogens with zero attached hydrogens (tertiary/aromatic N) is 1. The van der Waals surface area contributed by atoms with Gasteiger partial charge < -0.3 is 10.0 Å². The Bertz CT molecular complexity index is 632. The second-order valence-electron chi connectivity index (χ2n) is 8.26. The SMILES string of the molecule is CC(C)=CC1C(C(=O)N2CCC(c3ccc(O)cc3)CC2)C1(C)C. The fourth-order valence-electron chi connectivity index (χ4n) is 4.20. The average Bonchev–Trinajstić information content (AvgIpc) is 3.07. The van der Waals surface area contributed by atoms with E-state index in [0.29, 0.717) is 23.5 Å². The first-order valence-corrected chi connectivity index (χ1v) is 9.03. The van der Waals surface area contributed by atoms with Crippen LogP contribution in [0.1, 0.15) is 52.0 Å². The monoisotopic (exact) mass is 327 g/mol. The van der Waals surface area contributed by atoms with Crippen molar-refractivity contribution in [3.8, 4) is 5.75 Å². The summed E-state index contributed by atoms with van der Waals surface area (Å²) in [5, 5.41) is 9.42. The molecule has 1 aromatic carbocycles. The van der Waals surface area contributed by atoms with Gasteiger partial charge in [-0.15, -0.1) is 0 Å². The average molecular weight is 327 g/mol. The van der Waals surface area contributed by atoms with Gasteiger partial charge >= 0.3 is 0 Å². The molecule has 24 heavy (non-hydrogen) atoms. The molecular weight excluding hydrogens is 298 g/mol. The first-order valence-electron chi connectivity index (χ1n) is 9.03. The van der Waals surface area contributed by atoms with Crippen LogP contribution >= 0.6 is 0 Å². The minimum Gasteiger partial charge on any atom is -0.508 e.